The van der Waals surface area contributed by atoms with Gasteiger partial charge in [0.2, 0.25) is 16.0 Å². The summed E-state index contributed by atoms with van der Waals surface area (Å²) in [7, 11) is -1.90. The molecule has 3 saturated heterocycles. The van der Waals surface area contributed by atoms with Gasteiger partial charge < -0.3 is 24.0 Å². The molecular formula is C30H40N6O5S. The summed E-state index contributed by atoms with van der Waals surface area (Å²) < 4.78 is 45.4. The third-order valence-corrected chi connectivity index (χ3v) is 10.2. The lowest BCUT2D eigenvalue weighted by atomic mass is 10.2. The van der Waals surface area contributed by atoms with Crippen molar-refractivity contribution in [2.24, 2.45) is 0 Å². The van der Waals surface area contributed by atoms with E-state index in [1.165, 1.54) is 0 Å². The lowest BCUT2D eigenvalue weighted by Crippen LogP contribution is -2.49. The van der Waals surface area contributed by atoms with E-state index in [0.29, 0.717) is 55.1 Å². The molecule has 0 atom stereocenters. The van der Waals surface area contributed by atoms with Crippen molar-refractivity contribution in [3.8, 4) is 11.5 Å². The fourth-order valence-electron chi connectivity index (χ4n) is 5.86. The molecule has 2 aromatic carbocycles. The minimum absolute atomic E-state index is 0.324. The number of methoxy groups -OCH3 is 1. The molecule has 11 nitrogen and oxygen atoms in total. The van der Waals surface area contributed by atoms with Crippen molar-refractivity contribution in [1.82, 2.24) is 19.2 Å². The molecule has 0 aliphatic carbocycles. The minimum Gasteiger partial charge on any atom is -0.493 e. The Kier molecular flexibility index (Phi) is 8.94. The molecule has 226 valence electrons. The quantitative estimate of drug-likeness (QED) is 0.325. The molecule has 0 bridgehead atoms. The summed E-state index contributed by atoms with van der Waals surface area (Å²) in [5.74, 6) is 2.81. The van der Waals surface area contributed by atoms with Crippen LogP contribution < -0.4 is 19.3 Å². The van der Waals surface area contributed by atoms with Crippen LogP contribution in [0.4, 0.5) is 11.8 Å². The van der Waals surface area contributed by atoms with E-state index in [9.17, 15) is 8.42 Å². The Hall–Kier alpha value is -3.19. The number of morpholine rings is 1. The third kappa shape index (κ3) is 6.26. The molecule has 0 spiro atoms. The van der Waals surface area contributed by atoms with Crippen LogP contribution in [-0.2, 0) is 14.8 Å². The maximum atomic E-state index is 13.2. The number of anilines is 2. The largest absolute Gasteiger partial charge is 0.493 e. The van der Waals surface area contributed by atoms with Crippen molar-refractivity contribution < 1.29 is 22.6 Å². The molecule has 3 aliphatic rings. The van der Waals surface area contributed by atoms with Crippen LogP contribution in [0.2, 0.25) is 0 Å². The minimum atomic E-state index is -3.55. The van der Waals surface area contributed by atoms with Crippen LogP contribution in [-0.4, -0.2) is 113 Å². The second-order valence-corrected chi connectivity index (χ2v) is 12.9. The van der Waals surface area contributed by atoms with Crippen molar-refractivity contribution in [3.63, 3.8) is 0 Å². The number of piperazine rings is 1. The zero-order valence-electron chi connectivity index (χ0n) is 24.3. The van der Waals surface area contributed by atoms with E-state index < -0.39 is 10.0 Å². The molecule has 4 heterocycles. The van der Waals surface area contributed by atoms with Crippen LogP contribution >= 0.6 is 0 Å². The van der Waals surface area contributed by atoms with Gasteiger partial charge in [-0.2, -0.15) is 9.29 Å². The number of fused-ring (bicyclic) bond motifs is 1. The smallest absolute Gasteiger partial charge is 0.243 e. The van der Waals surface area contributed by atoms with E-state index in [1.54, 1.807) is 35.7 Å². The van der Waals surface area contributed by atoms with Gasteiger partial charge in [-0.3, -0.25) is 4.90 Å². The number of benzene rings is 2. The Balaban J connectivity index is 1.23. The molecule has 12 heteroatoms. The van der Waals surface area contributed by atoms with Gasteiger partial charge in [0.1, 0.15) is 5.82 Å². The summed E-state index contributed by atoms with van der Waals surface area (Å²) in [6.45, 7) is 8.72. The number of ether oxygens (including phenoxy) is 3. The number of hydrogen-bond donors (Lipinski definition) is 0. The number of hydrogen-bond acceptors (Lipinski definition) is 10. The van der Waals surface area contributed by atoms with Crippen LogP contribution in [0.1, 0.15) is 19.3 Å². The van der Waals surface area contributed by atoms with E-state index >= 15 is 0 Å². The van der Waals surface area contributed by atoms with Crippen LogP contribution in [0.25, 0.3) is 10.9 Å². The fraction of sp³-hybridized carbons (Fsp3) is 0.533. The molecule has 3 fully saturated rings. The highest BCUT2D eigenvalue weighted by Gasteiger charge is 2.30. The standard InChI is InChI=1S/C30H40N6O5S/c1-39-27-22-25-26(23-28(27)41-19-7-10-33-17-20-40-21-18-33)31-30(35-11-5-6-12-35)32-29(25)34-13-15-36(16-14-34)42(37,38)24-8-3-2-4-9-24/h2-4,8-9,22-23H,5-7,10-21H2,1H3. The van der Waals surface area contributed by atoms with E-state index in [2.05, 4.69) is 14.7 Å². The van der Waals surface area contributed by atoms with E-state index in [4.69, 9.17) is 24.2 Å². The molecule has 0 amide bonds. The highest BCUT2D eigenvalue weighted by Crippen LogP contribution is 2.37. The molecule has 3 aromatic rings. The second-order valence-electron chi connectivity index (χ2n) is 10.9. The molecule has 0 N–H and O–H groups in total. The first kappa shape index (κ1) is 28.9. The summed E-state index contributed by atoms with van der Waals surface area (Å²) in [5, 5.41) is 0.870. The lowest BCUT2D eigenvalue weighted by Gasteiger charge is -2.35. The summed E-state index contributed by atoms with van der Waals surface area (Å²) >= 11 is 0. The molecule has 1 aromatic heterocycles. The van der Waals surface area contributed by atoms with Gasteiger partial charge in [0.15, 0.2) is 11.5 Å². The van der Waals surface area contributed by atoms with E-state index in [0.717, 1.165) is 81.9 Å². The van der Waals surface area contributed by atoms with Gasteiger partial charge in [-0.15, -0.1) is 0 Å². The molecule has 0 saturated carbocycles. The summed E-state index contributed by atoms with van der Waals surface area (Å²) in [6.07, 6.45) is 3.14. The Morgan fingerprint density at radius 3 is 2.31 bits per heavy atom. The summed E-state index contributed by atoms with van der Waals surface area (Å²) in [6, 6.07) is 12.6. The zero-order chi connectivity index (χ0) is 28.9. The van der Waals surface area contributed by atoms with E-state index in [-0.39, 0.29) is 0 Å². The van der Waals surface area contributed by atoms with E-state index in [1.807, 2.05) is 18.2 Å². The van der Waals surface area contributed by atoms with Crippen LogP contribution in [0.5, 0.6) is 11.5 Å². The lowest BCUT2D eigenvalue weighted by molar-refractivity contribution is 0.0357. The highest BCUT2D eigenvalue weighted by molar-refractivity contribution is 7.89. The second kappa shape index (κ2) is 13.0. The van der Waals surface area contributed by atoms with Gasteiger partial charge in [0.05, 0.1) is 37.3 Å². The Bertz CT molecular complexity index is 1450. The van der Waals surface area contributed by atoms with Gasteiger partial charge in [0.25, 0.3) is 0 Å². The maximum Gasteiger partial charge on any atom is 0.243 e. The average molecular weight is 597 g/mol. The molecular weight excluding hydrogens is 556 g/mol. The molecule has 42 heavy (non-hydrogen) atoms. The summed E-state index contributed by atoms with van der Waals surface area (Å²) in [4.78, 5) is 17.1. The Morgan fingerprint density at radius 1 is 0.857 bits per heavy atom. The Labute approximate surface area is 248 Å². The maximum absolute atomic E-state index is 13.2. The molecule has 0 unspecified atom stereocenters. The van der Waals surface area contributed by atoms with Gasteiger partial charge in [-0.25, -0.2) is 13.4 Å². The molecule has 0 radical (unpaired) electrons. The first-order valence-electron chi connectivity index (χ1n) is 14.9. The first-order valence-corrected chi connectivity index (χ1v) is 16.3. The number of rotatable bonds is 10. The summed E-state index contributed by atoms with van der Waals surface area (Å²) in [5.41, 5.74) is 0.796. The molecule has 6 rings (SSSR count). The number of sulfonamides is 1. The predicted octanol–water partition coefficient (Wildman–Crippen LogP) is 2.85. The zero-order valence-corrected chi connectivity index (χ0v) is 25.1. The van der Waals surface area contributed by atoms with Crippen LogP contribution in [0.15, 0.2) is 47.4 Å². The molecule has 3 aliphatic heterocycles. The highest BCUT2D eigenvalue weighted by atomic mass is 32.2. The number of nitrogens with zero attached hydrogens (tertiary/aromatic N) is 6. The Morgan fingerprint density at radius 2 is 1.60 bits per heavy atom. The SMILES string of the molecule is COc1cc2c(N3CCN(S(=O)(=O)c4ccccc4)CC3)nc(N3CCCC3)nc2cc1OCCCN1CCOCC1. The van der Waals surface area contributed by atoms with Gasteiger partial charge in [0, 0.05) is 70.4 Å². The predicted molar refractivity (Wildman–Crippen MR) is 162 cm³/mol. The van der Waals surface area contributed by atoms with Crippen molar-refractivity contribution in [2.45, 2.75) is 24.2 Å². The third-order valence-electron chi connectivity index (χ3n) is 8.24. The van der Waals surface area contributed by atoms with Crippen LogP contribution in [0, 0.1) is 0 Å². The monoisotopic (exact) mass is 596 g/mol. The van der Waals surface area contributed by atoms with Crippen LogP contribution in [0.3, 0.4) is 0 Å². The van der Waals surface area contributed by atoms with Gasteiger partial charge >= 0.3 is 0 Å². The van der Waals surface area contributed by atoms with Crippen molar-refractivity contribution in [1.29, 1.82) is 0 Å². The number of aromatic nitrogens is 2. The average Bonchev–Trinajstić information content (AvgIpc) is 3.58. The van der Waals surface area contributed by atoms with Gasteiger partial charge in [-0.1, -0.05) is 18.2 Å². The van der Waals surface area contributed by atoms with Crippen molar-refractivity contribution in [2.75, 3.05) is 95.6 Å². The van der Waals surface area contributed by atoms with Gasteiger partial charge in [-0.05, 0) is 37.5 Å². The fourth-order valence-corrected chi connectivity index (χ4v) is 7.30. The van der Waals surface area contributed by atoms with Crippen molar-refractivity contribution >= 4 is 32.7 Å². The normalized spacial score (nSPS) is 19.0. The topological polar surface area (TPSA) is 101 Å². The first-order chi connectivity index (χ1) is 20.5. The van der Waals surface area contributed by atoms with Crippen molar-refractivity contribution in [3.05, 3.63) is 42.5 Å².